The van der Waals surface area contributed by atoms with Gasteiger partial charge in [0.25, 0.3) is 0 Å². The van der Waals surface area contributed by atoms with Gasteiger partial charge in [-0.05, 0) is 74.1 Å². The average Bonchev–Trinajstić information content (AvgIpc) is 3.30. The Morgan fingerprint density at radius 1 is 0.970 bits per heavy atom. The molecule has 166 valence electrons. The lowest BCUT2D eigenvalue weighted by atomic mass is 9.96. The molecule has 1 fully saturated rings. The van der Waals surface area contributed by atoms with Gasteiger partial charge in [0.2, 0.25) is 0 Å². The summed E-state index contributed by atoms with van der Waals surface area (Å²) in [5, 5.41) is 14.7. The first-order valence-electron chi connectivity index (χ1n) is 10.9. The molecule has 0 radical (unpaired) electrons. The maximum absolute atomic E-state index is 10.5. The highest BCUT2D eigenvalue weighted by Gasteiger charge is 2.41. The Balaban J connectivity index is 1.63. The van der Waals surface area contributed by atoms with Gasteiger partial charge in [0.05, 0.1) is 35.7 Å². The van der Waals surface area contributed by atoms with Crippen molar-refractivity contribution < 1.29 is 5.11 Å². The van der Waals surface area contributed by atoms with Crippen molar-refractivity contribution in [1.29, 1.82) is 0 Å². The summed E-state index contributed by atoms with van der Waals surface area (Å²) in [7, 11) is 0. The van der Waals surface area contributed by atoms with Crippen LogP contribution in [-0.2, 0) is 6.54 Å². The smallest absolute Gasteiger partial charge is 0.170 e. The van der Waals surface area contributed by atoms with Crippen LogP contribution in [0.1, 0.15) is 40.4 Å². The lowest BCUT2D eigenvalue weighted by Gasteiger charge is -2.28. The molecule has 0 amide bonds. The molecule has 0 bridgehead atoms. The molecule has 0 aliphatic carbocycles. The van der Waals surface area contributed by atoms with Crippen molar-refractivity contribution in [3.8, 4) is 11.4 Å². The monoisotopic (exact) mass is 455 g/mol. The van der Waals surface area contributed by atoms with Gasteiger partial charge in [-0.15, -0.1) is 0 Å². The summed E-state index contributed by atoms with van der Waals surface area (Å²) in [5.41, 5.74) is 5.87. The molecule has 4 aromatic rings. The van der Waals surface area contributed by atoms with Crippen molar-refractivity contribution in [2.24, 2.45) is 0 Å². The van der Waals surface area contributed by atoms with E-state index in [1.807, 2.05) is 60.8 Å². The molecule has 5 rings (SSSR count). The minimum absolute atomic E-state index is 0.0831. The third-order valence-corrected chi connectivity index (χ3v) is 6.52. The van der Waals surface area contributed by atoms with Gasteiger partial charge in [-0.2, -0.15) is 0 Å². The van der Waals surface area contributed by atoms with Crippen LogP contribution in [0.4, 0.5) is 0 Å². The molecule has 3 aromatic heterocycles. The number of benzene rings is 1. The number of phenolic OH excluding ortho intramolecular Hbond substituents is 1. The molecule has 1 aliphatic rings. The first-order valence-corrected chi connectivity index (χ1v) is 11.3. The van der Waals surface area contributed by atoms with Crippen LogP contribution in [0.2, 0.25) is 0 Å². The van der Waals surface area contributed by atoms with Crippen LogP contribution in [-0.4, -0.2) is 29.7 Å². The summed E-state index contributed by atoms with van der Waals surface area (Å²) in [6.07, 6.45) is 3.61. The Labute approximate surface area is 198 Å². The minimum Gasteiger partial charge on any atom is -0.506 e. The van der Waals surface area contributed by atoms with Crippen molar-refractivity contribution in [2.45, 2.75) is 32.5 Å². The lowest BCUT2D eigenvalue weighted by Crippen LogP contribution is -2.29. The fraction of sp³-hybridized carbons (Fsp3) is 0.192. The molecule has 33 heavy (non-hydrogen) atoms. The molecule has 2 atom stereocenters. The summed E-state index contributed by atoms with van der Waals surface area (Å²) in [6, 6.07) is 21.3. The van der Waals surface area contributed by atoms with Crippen molar-refractivity contribution in [2.75, 3.05) is 0 Å². The number of para-hydroxylation sites is 2. The summed E-state index contributed by atoms with van der Waals surface area (Å²) in [5.74, 6) is 0.248. The number of nitrogens with zero attached hydrogens (tertiary/aromatic N) is 4. The second kappa shape index (κ2) is 8.67. The van der Waals surface area contributed by atoms with E-state index in [0.29, 0.717) is 11.7 Å². The summed E-state index contributed by atoms with van der Waals surface area (Å²) >= 11 is 5.80. The number of aromatic hydroxyl groups is 1. The van der Waals surface area contributed by atoms with E-state index in [4.69, 9.17) is 12.2 Å². The molecule has 7 heteroatoms. The topological polar surface area (TPSA) is 66.2 Å². The zero-order chi connectivity index (χ0) is 22.9. The van der Waals surface area contributed by atoms with Crippen molar-refractivity contribution in [3.05, 3.63) is 107 Å². The molecule has 0 spiro atoms. The number of phenols is 1. The summed E-state index contributed by atoms with van der Waals surface area (Å²) < 4.78 is 2.10. The molecule has 1 saturated heterocycles. The van der Waals surface area contributed by atoms with E-state index in [0.717, 1.165) is 34.0 Å². The SMILES string of the molecule is Cc1cc(C2C(c3ccccn3)NC(=S)N2Cc2ccccn2)c(C)n1-c1ccccc1O. The highest BCUT2D eigenvalue weighted by atomic mass is 32.1. The van der Waals surface area contributed by atoms with Gasteiger partial charge in [-0.3, -0.25) is 9.97 Å². The Kier molecular flexibility index (Phi) is 5.56. The molecule has 6 nitrogen and oxygen atoms in total. The van der Waals surface area contributed by atoms with Gasteiger partial charge in [0.1, 0.15) is 5.75 Å². The quantitative estimate of drug-likeness (QED) is 0.423. The zero-order valence-corrected chi connectivity index (χ0v) is 19.3. The molecule has 4 heterocycles. The van der Waals surface area contributed by atoms with Crippen LogP contribution in [0, 0.1) is 13.8 Å². The number of aromatic nitrogens is 3. The number of hydrogen-bond donors (Lipinski definition) is 2. The lowest BCUT2D eigenvalue weighted by molar-refractivity contribution is 0.307. The van der Waals surface area contributed by atoms with E-state index in [1.165, 1.54) is 0 Å². The van der Waals surface area contributed by atoms with Crippen LogP contribution >= 0.6 is 12.2 Å². The van der Waals surface area contributed by atoms with E-state index >= 15 is 0 Å². The second-order valence-corrected chi connectivity index (χ2v) is 8.61. The molecule has 0 saturated carbocycles. The number of rotatable bonds is 5. The Bertz CT molecular complexity index is 1290. The van der Waals surface area contributed by atoms with Crippen LogP contribution in [0.25, 0.3) is 5.69 Å². The van der Waals surface area contributed by atoms with Gasteiger partial charge < -0.3 is 19.9 Å². The van der Waals surface area contributed by atoms with Crippen LogP contribution in [0.3, 0.4) is 0 Å². The largest absolute Gasteiger partial charge is 0.506 e. The Morgan fingerprint density at radius 3 is 2.39 bits per heavy atom. The minimum atomic E-state index is -0.110. The van der Waals surface area contributed by atoms with Crippen molar-refractivity contribution in [1.82, 2.24) is 24.8 Å². The van der Waals surface area contributed by atoms with Gasteiger partial charge in [0.15, 0.2) is 5.11 Å². The number of thiocarbonyl (C=S) groups is 1. The van der Waals surface area contributed by atoms with Gasteiger partial charge in [0, 0.05) is 23.8 Å². The molecule has 1 aromatic carbocycles. The molecular weight excluding hydrogens is 430 g/mol. The molecular formula is C26H25N5OS. The first-order chi connectivity index (χ1) is 16.0. The predicted octanol–water partition coefficient (Wildman–Crippen LogP) is 4.76. The maximum Gasteiger partial charge on any atom is 0.170 e. The standard InChI is InChI=1S/C26H25N5OS/c1-17-15-20(18(2)31(17)22-11-3-4-12-23(22)32)25-24(21-10-6-8-14-28-21)29-26(33)30(25)16-19-9-5-7-13-27-19/h3-15,24-25,32H,16H2,1-2H3,(H,29,33). The number of aryl methyl sites for hydroxylation is 1. The third kappa shape index (κ3) is 3.85. The van der Waals surface area contributed by atoms with Crippen molar-refractivity contribution in [3.63, 3.8) is 0 Å². The number of pyridine rings is 2. The Hall–Kier alpha value is -3.71. The van der Waals surface area contributed by atoms with E-state index in [9.17, 15) is 5.11 Å². The van der Waals surface area contributed by atoms with Crippen LogP contribution in [0.15, 0.2) is 79.1 Å². The van der Waals surface area contributed by atoms with Gasteiger partial charge in [-0.25, -0.2) is 0 Å². The van der Waals surface area contributed by atoms with Crippen LogP contribution < -0.4 is 5.32 Å². The Morgan fingerprint density at radius 2 is 1.70 bits per heavy atom. The fourth-order valence-corrected chi connectivity index (χ4v) is 5.00. The highest BCUT2D eigenvalue weighted by Crippen LogP contribution is 2.42. The zero-order valence-electron chi connectivity index (χ0n) is 18.5. The van der Waals surface area contributed by atoms with Crippen LogP contribution in [0.5, 0.6) is 5.75 Å². The molecule has 1 aliphatic heterocycles. The van der Waals surface area contributed by atoms with Crippen molar-refractivity contribution >= 4 is 17.3 Å². The predicted molar refractivity (Wildman–Crippen MR) is 132 cm³/mol. The number of nitrogens with one attached hydrogen (secondary N) is 1. The fourth-order valence-electron chi connectivity index (χ4n) is 4.69. The first kappa shape index (κ1) is 21.2. The number of hydrogen-bond acceptors (Lipinski definition) is 4. The summed E-state index contributed by atoms with van der Waals surface area (Å²) in [6.45, 7) is 4.73. The maximum atomic E-state index is 10.5. The van der Waals surface area contributed by atoms with E-state index < -0.39 is 0 Å². The van der Waals surface area contributed by atoms with Gasteiger partial charge in [-0.1, -0.05) is 24.3 Å². The summed E-state index contributed by atoms with van der Waals surface area (Å²) in [4.78, 5) is 11.3. The van der Waals surface area contributed by atoms with E-state index in [2.05, 4.69) is 44.7 Å². The molecule has 2 unspecified atom stereocenters. The third-order valence-electron chi connectivity index (χ3n) is 6.17. The van der Waals surface area contributed by atoms with Gasteiger partial charge >= 0.3 is 0 Å². The van der Waals surface area contributed by atoms with E-state index in [-0.39, 0.29) is 17.8 Å². The molecule has 2 N–H and O–H groups in total. The van der Waals surface area contributed by atoms with E-state index in [1.54, 1.807) is 12.3 Å². The highest BCUT2D eigenvalue weighted by molar-refractivity contribution is 7.80. The second-order valence-electron chi connectivity index (χ2n) is 8.23. The normalized spacial score (nSPS) is 17.9. The average molecular weight is 456 g/mol.